The molecule has 1 aromatic rings. The summed E-state index contributed by atoms with van der Waals surface area (Å²) in [6, 6.07) is 10.2. The van der Waals surface area contributed by atoms with Crippen molar-refractivity contribution in [3.8, 4) is 0 Å². The molecule has 0 aromatic heterocycles. The SMILES string of the molecule is C=C(C)c1ccccc1.CC(=O)OO. The molecular formula is C11H14O3. The lowest BCUT2D eigenvalue weighted by atomic mass is 10.1. The number of carbonyl (C=O) groups is 1. The fourth-order valence-electron chi connectivity index (χ4n) is 0.723. The molecule has 0 radical (unpaired) electrons. The van der Waals surface area contributed by atoms with E-state index in [1.165, 1.54) is 5.56 Å². The van der Waals surface area contributed by atoms with Crippen molar-refractivity contribution in [3.63, 3.8) is 0 Å². The third-order valence-corrected chi connectivity index (χ3v) is 1.40. The minimum Gasteiger partial charge on any atom is -0.301 e. The molecule has 0 aliphatic carbocycles. The third kappa shape index (κ3) is 5.97. The average molecular weight is 194 g/mol. The van der Waals surface area contributed by atoms with E-state index in [4.69, 9.17) is 5.26 Å². The van der Waals surface area contributed by atoms with E-state index in [9.17, 15) is 4.79 Å². The molecule has 1 aromatic carbocycles. The van der Waals surface area contributed by atoms with Crippen LogP contribution in [0.1, 0.15) is 19.4 Å². The van der Waals surface area contributed by atoms with Gasteiger partial charge in [0.2, 0.25) is 0 Å². The quantitative estimate of drug-likeness (QED) is 0.552. The highest BCUT2D eigenvalue weighted by Gasteiger charge is 1.86. The van der Waals surface area contributed by atoms with Crippen LogP contribution in [0.5, 0.6) is 0 Å². The summed E-state index contributed by atoms with van der Waals surface area (Å²) in [6.45, 7) is 6.95. The zero-order valence-electron chi connectivity index (χ0n) is 8.36. The zero-order valence-corrected chi connectivity index (χ0v) is 8.36. The van der Waals surface area contributed by atoms with Crippen LogP contribution in [0.25, 0.3) is 5.57 Å². The van der Waals surface area contributed by atoms with E-state index in [2.05, 4.69) is 23.6 Å². The van der Waals surface area contributed by atoms with E-state index >= 15 is 0 Å². The average Bonchev–Trinajstić information content (AvgIpc) is 2.20. The van der Waals surface area contributed by atoms with Crippen LogP contribution in [0.3, 0.4) is 0 Å². The lowest BCUT2D eigenvalue weighted by Crippen LogP contribution is -1.89. The molecule has 0 heterocycles. The number of hydrogen-bond acceptors (Lipinski definition) is 3. The van der Waals surface area contributed by atoms with E-state index in [1.807, 2.05) is 25.1 Å². The van der Waals surface area contributed by atoms with Crippen LogP contribution in [0.4, 0.5) is 0 Å². The van der Waals surface area contributed by atoms with Gasteiger partial charge in [-0.3, -0.25) is 0 Å². The molecule has 14 heavy (non-hydrogen) atoms. The normalized spacial score (nSPS) is 8.21. The van der Waals surface area contributed by atoms with E-state index in [0.29, 0.717) is 0 Å². The predicted octanol–water partition coefficient (Wildman–Crippen LogP) is 2.74. The number of benzene rings is 1. The minimum atomic E-state index is -0.690. The van der Waals surface area contributed by atoms with Gasteiger partial charge in [0.15, 0.2) is 0 Å². The third-order valence-electron chi connectivity index (χ3n) is 1.40. The number of allylic oxidation sites excluding steroid dienone is 1. The molecule has 0 fully saturated rings. The van der Waals surface area contributed by atoms with Crippen LogP contribution in [0.2, 0.25) is 0 Å². The van der Waals surface area contributed by atoms with Crippen LogP contribution in [0, 0.1) is 0 Å². The monoisotopic (exact) mass is 194 g/mol. The van der Waals surface area contributed by atoms with Crippen LogP contribution < -0.4 is 0 Å². The predicted molar refractivity (Wildman–Crippen MR) is 55.5 cm³/mol. The highest BCUT2D eigenvalue weighted by molar-refractivity contribution is 5.64. The fraction of sp³-hybridized carbons (Fsp3) is 0.182. The van der Waals surface area contributed by atoms with Gasteiger partial charge < -0.3 is 4.89 Å². The largest absolute Gasteiger partial charge is 0.339 e. The second kappa shape index (κ2) is 6.86. The molecule has 1 rings (SSSR count). The van der Waals surface area contributed by atoms with Crippen molar-refractivity contribution >= 4 is 11.5 Å². The molecule has 0 saturated heterocycles. The lowest BCUT2D eigenvalue weighted by molar-refractivity contribution is -0.231. The Morgan fingerprint density at radius 3 is 1.93 bits per heavy atom. The van der Waals surface area contributed by atoms with Gasteiger partial charge >= 0.3 is 5.97 Å². The summed E-state index contributed by atoms with van der Waals surface area (Å²) in [6.07, 6.45) is 0. The standard InChI is InChI=1S/C9H10.C2H4O3/c1-8(2)9-6-4-3-5-7-9;1-2(3)5-4/h3-7H,1H2,2H3;4H,1H3. The molecule has 0 aliphatic rings. The molecule has 0 amide bonds. The second-order valence-corrected chi connectivity index (χ2v) is 2.73. The van der Waals surface area contributed by atoms with Crippen molar-refractivity contribution in [2.75, 3.05) is 0 Å². The molecule has 0 bridgehead atoms. The molecule has 0 spiro atoms. The minimum absolute atomic E-state index is 0.690. The van der Waals surface area contributed by atoms with Crippen molar-refractivity contribution in [1.82, 2.24) is 0 Å². The van der Waals surface area contributed by atoms with Crippen LogP contribution in [0.15, 0.2) is 36.9 Å². The Morgan fingerprint density at radius 2 is 1.71 bits per heavy atom. The van der Waals surface area contributed by atoms with Crippen molar-refractivity contribution in [1.29, 1.82) is 0 Å². The molecule has 1 N–H and O–H groups in total. The maximum absolute atomic E-state index is 9.34. The van der Waals surface area contributed by atoms with Gasteiger partial charge in [0.1, 0.15) is 0 Å². The first kappa shape index (κ1) is 12.4. The van der Waals surface area contributed by atoms with Crippen LogP contribution in [-0.4, -0.2) is 11.2 Å². The van der Waals surface area contributed by atoms with Gasteiger partial charge in [0, 0.05) is 6.92 Å². The first-order chi connectivity index (χ1) is 6.57. The molecule has 0 unspecified atom stereocenters. The highest BCUT2D eigenvalue weighted by atomic mass is 17.1. The van der Waals surface area contributed by atoms with Gasteiger partial charge in [-0.05, 0) is 12.5 Å². The van der Waals surface area contributed by atoms with Crippen molar-refractivity contribution in [2.45, 2.75) is 13.8 Å². The Labute approximate surface area is 83.6 Å². The Bertz CT molecular complexity index is 291. The van der Waals surface area contributed by atoms with Gasteiger partial charge in [-0.1, -0.05) is 42.5 Å². The molecular weight excluding hydrogens is 180 g/mol. The smallest absolute Gasteiger partial charge is 0.301 e. The second-order valence-electron chi connectivity index (χ2n) is 2.73. The van der Waals surface area contributed by atoms with Gasteiger partial charge in [0.25, 0.3) is 0 Å². The summed E-state index contributed by atoms with van der Waals surface area (Å²) >= 11 is 0. The summed E-state index contributed by atoms with van der Waals surface area (Å²) in [4.78, 5) is 12.5. The Hall–Kier alpha value is -1.61. The molecule has 0 aliphatic heterocycles. The van der Waals surface area contributed by atoms with E-state index in [0.717, 1.165) is 12.5 Å². The maximum Gasteiger partial charge on any atom is 0.339 e. The first-order valence-electron chi connectivity index (χ1n) is 4.11. The first-order valence-corrected chi connectivity index (χ1v) is 4.11. The number of hydrogen-bond donors (Lipinski definition) is 1. The fourth-order valence-corrected chi connectivity index (χ4v) is 0.723. The van der Waals surface area contributed by atoms with Gasteiger partial charge in [-0.15, -0.1) is 0 Å². The van der Waals surface area contributed by atoms with Crippen molar-refractivity contribution < 1.29 is 14.9 Å². The summed E-state index contributed by atoms with van der Waals surface area (Å²) in [5.41, 5.74) is 2.34. The van der Waals surface area contributed by atoms with Crippen LogP contribution >= 0.6 is 0 Å². The Kier molecular flexibility index (Phi) is 6.07. The Morgan fingerprint density at radius 1 is 1.29 bits per heavy atom. The summed E-state index contributed by atoms with van der Waals surface area (Å²) in [5.74, 6) is -0.690. The van der Waals surface area contributed by atoms with Gasteiger partial charge in [-0.2, -0.15) is 5.26 Å². The van der Waals surface area contributed by atoms with Gasteiger partial charge in [0.05, 0.1) is 0 Å². The molecule has 0 atom stereocenters. The maximum atomic E-state index is 9.34. The van der Waals surface area contributed by atoms with E-state index in [1.54, 1.807) is 0 Å². The summed E-state index contributed by atoms with van der Waals surface area (Å²) < 4.78 is 0. The number of rotatable bonds is 1. The van der Waals surface area contributed by atoms with E-state index < -0.39 is 5.97 Å². The van der Waals surface area contributed by atoms with Gasteiger partial charge in [-0.25, -0.2) is 4.79 Å². The van der Waals surface area contributed by atoms with Crippen molar-refractivity contribution in [2.24, 2.45) is 0 Å². The Balaban J connectivity index is 0.000000292. The molecule has 3 nitrogen and oxygen atoms in total. The van der Waals surface area contributed by atoms with Crippen molar-refractivity contribution in [3.05, 3.63) is 42.5 Å². The summed E-state index contributed by atoms with van der Waals surface area (Å²) in [7, 11) is 0. The van der Waals surface area contributed by atoms with Crippen LogP contribution in [-0.2, 0) is 9.68 Å². The molecule has 0 saturated carbocycles. The zero-order chi connectivity index (χ0) is 11.0. The molecule has 76 valence electrons. The lowest BCUT2D eigenvalue weighted by Gasteiger charge is -1.94. The van der Waals surface area contributed by atoms with E-state index in [-0.39, 0.29) is 0 Å². The highest BCUT2D eigenvalue weighted by Crippen LogP contribution is 2.08. The number of carbonyl (C=O) groups excluding carboxylic acids is 1. The summed E-state index contributed by atoms with van der Waals surface area (Å²) in [5, 5.41) is 7.29. The molecule has 3 heteroatoms. The topological polar surface area (TPSA) is 46.5 Å².